The Hall–Kier alpha value is -3.70. The van der Waals surface area contributed by atoms with Crippen molar-refractivity contribution in [3.63, 3.8) is 0 Å². The summed E-state index contributed by atoms with van der Waals surface area (Å²) in [5.74, 6) is -1.43. The van der Waals surface area contributed by atoms with Crippen LogP contribution in [0.25, 0.3) is 10.4 Å². The predicted octanol–water partition coefficient (Wildman–Crippen LogP) is 3.66. The fourth-order valence-corrected chi connectivity index (χ4v) is 5.69. The van der Waals surface area contributed by atoms with Gasteiger partial charge in [-0.25, -0.2) is 23.4 Å². The Morgan fingerprint density at radius 1 is 1.25 bits per heavy atom. The van der Waals surface area contributed by atoms with Gasteiger partial charge in [0.2, 0.25) is 5.88 Å². The largest absolute Gasteiger partial charge is 0.481 e. The number of halogens is 2. The molecule has 4 heterocycles. The molecule has 5 rings (SSSR count). The summed E-state index contributed by atoms with van der Waals surface area (Å²) in [7, 11) is 1.54. The molecule has 0 spiro atoms. The average Bonchev–Trinajstić information content (AvgIpc) is 3.54. The van der Waals surface area contributed by atoms with Crippen LogP contribution < -0.4 is 4.74 Å². The van der Waals surface area contributed by atoms with Crippen LogP contribution in [0.5, 0.6) is 5.88 Å². The van der Waals surface area contributed by atoms with Gasteiger partial charge < -0.3 is 14.7 Å². The first kappa shape index (κ1) is 24.0. The summed E-state index contributed by atoms with van der Waals surface area (Å²) in [6.07, 6.45) is 4.95. The number of ether oxygens (including phenoxy) is 1. The van der Waals surface area contributed by atoms with Gasteiger partial charge in [0.25, 0.3) is 5.91 Å². The van der Waals surface area contributed by atoms with E-state index in [2.05, 4.69) is 15.1 Å². The second kappa shape index (κ2) is 9.40. The number of rotatable bonds is 7. The Morgan fingerprint density at radius 2 is 2.08 bits per heavy atom. The second-order valence-electron chi connectivity index (χ2n) is 8.62. The Bertz CT molecular complexity index is 1390. The molecule has 186 valence electrons. The summed E-state index contributed by atoms with van der Waals surface area (Å²) in [5.41, 5.74) is -0.258. The zero-order valence-corrected chi connectivity index (χ0v) is 20.4. The van der Waals surface area contributed by atoms with Crippen LogP contribution in [-0.2, 0) is 18.6 Å². The highest BCUT2D eigenvalue weighted by Gasteiger charge is 2.45. The number of methoxy groups -OCH3 is 1. The van der Waals surface area contributed by atoms with Gasteiger partial charge in [-0.15, -0.1) is 11.3 Å². The van der Waals surface area contributed by atoms with E-state index in [0.29, 0.717) is 23.7 Å². The molecule has 3 aromatic heterocycles. The zero-order chi connectivity index (χ0) is 25.4. The Labute approximate surface area is 209 Å². The summed E-state index contributed by atoms with van der Waals surface area (Å²) >= 11 is 1.34. The molecule has 4 aromatic rings. The van der Waals surface area contributed by atoms with Crippen molar-refractivity contribution in [2.75, 3.05) is 13.7 Å². The SMILES string of the molecule is COc1ccc(-c2cc3c(s2)C(=O)N([C@H](C)[C@](O)(Cn2cncn2)c2ccc(F)cc2F)CC3)cn1. The fraction of sp³-hybridized carbons (Fsp3) is 0.280. The summed E-state index contributed by atoms with van der Waals surface area (Å²) in [6.45, 7) is 1.80. The maximum absolute atomic E-state index is 14.9. The zero-order valence-electron chi connectivity index (χ0n) is 19.6. The molecule has 0 fully saturated rings. The first-order valence-electron chi connectivity index (χ1n) is 11.2. The van der Waals surface area contributed by atoms with Crippen LogP contribution in [-0.4, -0.2) is 55.4 Å². The standard InChI is InChI=1S/C25H23F2N5O3S/c1-15(25(34,12-31-14-28-13-30-31)19-5-4-18(26)10-20(19)27)32-8-7-16-9-21(36-23(16)24(32)33)17-3-6-22(35-2)29-11-17/h3-6,9-11,13-15,34H,7-8,12H2,1-2H3/t15-,25-/m1/s1. The first-order chi connectivity index (χ1) is 17.3. The van der Waals surface area contributed by atoms with E-state index in [1.54, 1.807) is 26.3 Å². The number of aliphatic hydroxyl groups is 1. The van der Waals surface area contributed by atoms with Crippen LogP contribution in [0, 0.1) is 11.6 Å². The number of aromatic nitrogens is 4. The number of carbonyl (C=O) groups is 1. The molecule has 1 aromatic carbocycles. The van der Waals surface area contributed by atoms with E-state index in [4.69, 9.17) is 4.74 Å². The minimum atomic E-state index is -1.90. The summed E-state index contributed by atoms with van der Waals surface area (Å²) in [5, 5.41) is 15.9. The van der Waals surface area contributed by atoms with Gasteiger partial charge >= 0.3 is 0 Å². The van der Waals surface area contributed by atoms with E-state index in [0.717, 1.165) is 28.1 Å². The molecule has 1 aliphatic rings. The van der Waals surface area contributed by atoms with Crippen molar-refractivity contribution in [1.82, 2.24) is 24.6 Å². The summed E-state index contributed by atoms with van der Waals surface area (Å²) in [4.78, 5) is 24.7. The molecule has 0 saturated heterocycles. The normalized spacial score (nSPS) is 15.9. The van der Waals surface area contributed by atoms with Crippen molar-refractivity contribution in [3.8, 4) is 16.3 Å². The fourth-order valence-electron chi connectivity index (χ4n) is 4.53. The van der Waals surface area contributed by atoms with Gasteiger partial charge in [-0.05, 0) is 37.1 Å². The van der Waals surface area contributed by atoms with Crippen LogP contribution in [0.15, 0.2) is 55.2 Å². The smallest absolute Gasteiger partial charge is 0.264 e. The Morgan fingerprint density at radius 3 is 2.75 bits per heavy atom. The Balaban J connectivity index is 1.49. The third-order valence-electron chi connectivity index (χ3n) is 6.54. The van der Waals surface area contributed by atoms with Gasteiger partial charge in [0, 0.05) is 40.9 Å². The van der Waals surface area contributed by atoms with E-state index in [1.807, 2.05) is 12.1 Å². The maximum atomic E-state index is 14.9. The van der Waals surface area contributed by atoms with Crippen molar-refractivity contribution < 1.29 is 23.4 Å². The van der Waals surface area contributed by atoms with Gasteiger partial charge in [-0.1, -0.05) is 6.07 Å². The molecule has 36 heavy (non-hydrogen) atoms. The Kier molecular flexibility index (Phi) is 6.27. The highest BCUT2D eigenvalue weighted by molar-refractivity contribution is 7.17. The van der Waals surface area contributed by atoms with Crippen LogP contribution >= 0.6 is 11.3 Å². The lowest BCUT2D eigenvalue weighted by Crippen LogP contribution is -2.55. The molecule has 1 N–H and O–H groups in total. The quantitative estimate of drug-likeness (QED) is 0.407. The molecular weight excluding hydrogens is 488 g/mol. The molecule has 0 radical (unpaired) electrons. The minimum absolute atomic E-state index is 0.123. The first-order valence-corrected chi connectivity index (χ1v) is 12.1. The number of amides is 1. The number of hydrogen-bond acceptors (Lipinski definition) is 7. The van der Waals surface area contributed by atoms with Crippen LogP contribution in [0.3, 0.4) is 0 Å². The van der Waals surface area contributed by atoms with Crippen molar-refractivity contribution in [1.29, 1.82) is 0 Å². The van der Waals surface area contributed by atoms with Crippen LogP contribution in [0.4, 0.5) is 8.78 Å². The highest BCUT2D eigenvalue weighted by Crippen LogP contribution is 2.39. The number of carbonyl (C=O) groups excluding carboxylic acids is 1. The lowest BCUT2D eigenvalue weighted by atomic mass is 9.84. The van der Waals surface area contributed by atoms with Gasteiger partial charge in [-0.2, -0.15) is 5.10 Å². The van der Waals surface area contributed by atoms with E-state index >= 15 is 0 Å². The number of pyridine rings is 1. The van der Waals surface area contributed by atoms with E-state index in [1.165, 1.54) is 39.6 Å². The molecule has 2 atom stereocenters. The number of thiophene rings is 1. The topological polar surface area (TPSA) is 93.4 Å². The average molecular weight is 512 g/mol. The molecule has 1 amide bonds. The molecule has 11 heteroatoms. The molecule has 1 aliphatic heterocycles. The maximum Gasteiger partial charge on any atom is 0.264 e. The van der Waals surface area contributed by atoms with Crippen molar-refractivity contribution in [2.24, 2.45) is 0 Å². The van der Waals surface area contributed by atoms with Crippen molar-refractivity contribution in [2.45, 2.75) is 31.5 Å². The molecule has 0 unspecified atom stereocenters. The molecular formula is C25H23F2N5O3S. The third kappa shape index (κ3) is 4.24. The monoisotopic (exact) mass is 511 g/mol. The van der Waals surface area contributed by atoms with E-state index in [-0.39, 0.29) is 18.0 Å². The van der Waals surface area contributed by atoms with E-state index < -0.39 is 23.3 Å². The number of hydrogen-bond donors (Lipinski definition) is 1. The second-order valence-corrected chi connectivity index (χ2v) is 9.67. The van der Waals surface area contributed by atoms with E-state index in [9.17, 15) is 18.7 Å². The van der Waals surface area contributed by atoms with Crippen LogP contribution in [0.2, 0.25) is 0 Å². The van der Waals surface area contributed by atoms with Gasteiger partial charge in [0.05, 0.1) is 24.6 Å². The van der Waals surface area contributed by atoms with Crippen molar-refractivity contribution >= 4 is 17.2 Å². The molecule has 0 aliphatic carbocycles. The summed E-state index contributed by atoms with van der Waals surface area (Å²) < 4.78 is 35.1. The number of fused-ring (bicyclic) bond motifs is 1. The number of benzene rings is 1. The molecule has 0 bridgehead atoms. The molecule has 0 saturated carbocycles. The van der Waals surface area contributed by atoms with Gasteiger partial charge in [0.1, 0.15) is 29.9 Å². The lowest BCUT2D eigenvalue weighted by molar-refractivity contribution is -0.0562. The van der Waals surface area contributed by atoms with Crippen molar-refractivity contribution in [3.05, 3.63) is 82.9 Å². The summed E-state index contributed by atoms with van der Waals surface area (Å²) in [6, 6.07) is 7.76. The number of nitrogens with zero attached hydrogens (tertiary/aromatic N) is 5. The van der Waals surface area contributed by atoms with Gasteiger partial charge in [0.15, 0.2) is 0 Å². The predicted molar refractivity (Wildman–Crippen MR) is 129 cm³/mol. The highest BCUT2D eigenvalue weighted by atomic mass is 32.1. The third-order valence-corrected chi connectivity index (χ3v) is 7.76. The minimum Gasteiger partial charge on any atom is -0.481 e. The van der Waals surface area contributed by atoms with Crippen LogP contribution in [0.1, 0.15) is 27.7 Å². The lowest BCUT2D eigenvalue weighted by Gasteiger charge is -2.42. The molecule has 8 nitrogen and oxygen atoms in total. The van der Waals surface area contributed by atoms with Gasteiger partial charge in [-0.3, -0.25) is 4.79 Å².